The van der Waals surface area contributed by atoms with Crippen LogP contribution in [-0.4, -0.2) is 39.2 Å². The van der Waals surface area contributed by atoms with Gasteiger partial charge in [-0.1, -0.05) is 0 Å². The maximum absolute atomic E-state index is 11.6. The van der Waals surface area contributed by atoms with Crippen LogP contribution in [0, 0.1) is 6.92 Å². The fraction of sp³-hybridized carbons (Fsp3) is 0.385. The van der Waals surface area contributed by atoms with Crippen molar-refractivity contribution in [3.63, 3.8) is 0 Å². The zero-order chi connectivity index (χ0) is 15.0. The number of amides is 1. The van der Waals surface area contributed by atoms with E-state index in [9.17, 15) is 4.79 Å². The van der Waals surface area contributed by atoms with Gasteiger partial charge in [-0.15, -0.1) is 0 Å². The molecule has 0 radical (unpaired) electrons. The van der Waals surface area contributed by atoms with E-state index in [1.807, 2.05) is 32.1 Å². The normalized spacial score (nSPS) is 13.9. The molecule has 0 spiro atoms. The Morgan fingerprint density at radius 1 is 1.38 bits per heavy atom. The first-order valence-electron chi connectivity index (χ1n) is 6.64. The Kier molecular flexibility index (Phi) is 3.20. The summed E-state index contributed by atoms with van der Waals surface area (Å²) in [5.41, 5.74) is 2.48. The van der Waals surface area contributed by atoms with Crippen molar-refractivity contribution in [1.29, 1.82) is 0 Å². The van der Waals surface area contributed by atoms with Gasteiger partial charge in [0.1, 0.15) is 5.69 Å². The molecule has 0 atom stereocenters. The lowest BCUT2D eigenvalue weighted by atomic mass is 10.2. The fourth-order valence-electron chi connectivity index (χ4n) is 2.27. The second-order valence-electron chi connectivity index (χ2n) is 5.11. The molecule has 1 aliphatic heterocycles. The van der Waals surface area contributed by atoms with Crippen LogP contribution in [0.25, 0.3) is 0 Å². The molecule has 1 amide bonds. The molecule has 0 unspecified atom stereocenters. The molecule has 21 heavy (non-hydrogen) atoms. The number of aryl methyl sites for hydroxylation is 2. The average Bonchev–Trinajstić information content (AvgIpc) is 2.83. The Labute approximate surface area is 122 Å². The highest BCUT2D eigenvalue weighted by Crippen LogP contribution is 2.29. The van der Waals surface area contributed by atoms with Gasteiger partial charge in [0.15, 0.2) is 5.82 Å². The zero-order valence-electron chi connectivity index (χ0n) is 12.2. The van der Waals surface area contributed by atoms with Crippen LogP contribution in [0.3, 0.4) is 0 Å². The van der Waals surface area contributed by atoms with Crippen molar-refractivity contribution in [3.05, 3.63) is 23.7 Å². The third kappa shape index (κ3) is 2.64. The summed E-state index contributed by atoms with van der Waals surface area (Å²) in [5, 5.41) is 10.1. The predicted octanol–water partition coefficient (Wildman–Crippen LogP) is 0.519. The minimum Gasteiger partial charge on any atom is -0.350 e. The highest BCUT2D eigenvalue weighted by atomic mass is 16.2. The lowest BCUT2D eigenvalue weighted by Crippen LogP contribution is -2.36. The lowest BCUT2D eigenvalue weighted by Gasteiger charge is -2.27. The maximum atomic E-state index is 11.6. The molecule has 8 nitrogen and oxygen atoms in total. The third-order valence-electron chi connectivity index (χ3n) is 3.29. The first kappa shape index (κ1) is 13.3. The fourth-order valence-corrected chi connectivity index (χ4v) is 2.27. The Morgan fingerprint density at radius 2 is 2.19 bits per heavy atom. The van der Waals surface area contributed by atoms with Gasteiger partial charge in [-0.3, -0.25) is 9.48 Å². The highest BCUT2D eigenvalue weighted by molar-refractivity contribution is 6.00. The van der Waals surface area contributed by atoms with E-state index in [-0.39, 0.29) is 5.91 Å². The number of hydrogen-bond donors (Lipinski definition) is 2. The van der Waals surface area contributed by atoms with Crippen LogP contribution in [0.5, 0.6) is 0 Å². The molecular formula is C13H17N7O. The van der Waals surface area contributed by atoms with Crippen molar-refractivity contribution < 1.29 is 4.79 Å². The maximum Gasteiger partial charge on any atom is 0.244 e. The largest absolute Gasteiger partial charge is 0.350 e. The van der Waals surface area contributed by atoms with Crippen molar-refractivity contribution in [2.45, 2.75) is 13.5 Å². The van der Waals surface area contributed by atoms with E-state index in [4.69, 9.17) is 0 Å². The molecule has 1 aliphatic rings. The summed E-state index contributed by atoms with van der Waals surface area (Å²) in [7, 11) is 3.72. The molecule has 2 aromatic heterocycles. The number of nitrogens with one attached hydrogen (secondary N) is 2. The topological polar surface area (TPSA) is 88.0 Å². The monoisotopic (exact) mass is 287 g/mol. The third-order valence-corrected chi connectivity index (χ3v) is 3.29. The van der Waals surface area contributed by atoms with Crippen LogP contribution < -0.4 is 15.5 Å². The smallest absolute Gasteiger partial charge is 0.244 e. The average molecular weight is 287 g/mol. The molecule has 3 rings (SSSR count). The Bertz CT molecular complexity index is 694. The van der Waals surface area contributed by atoms with E-state index in [0.29, 0.717) is 24.7 Å². The number of carbonyl (C=O) groups excluding carboxylic acids is 1. The van der Waals surface area contributed by atoms with E-state index in [1.54, 1.807) is 10.9 Å². The molecule has 8 heteroatoms. The summed E-state index contributed by atoms with van der Waals surface area (Å²) in [6.45, 7) is 2.75. The number of carbonyl (C=O) groups is 1. The number of nitrogens with zero attached hydrogens (tertiary/aromatic N) is 5. The van der Waals surface area contributed by atoms with Gasteiger partial charge in [-0.05, 0) is 6.92 Å². The van der Waals surface area contributed by atoms with Crippen LogP contribution in [0.15, 0.2) is 12.4 Å². The molecule has 0 aliphatic carbocycles. The number of likely N-dealkylation sites (N-methyl/N-ethyl adjacent to an activating group) is 1. The second kappa shape index (κ2) is 5.04. The van der Waals surface area contributed by atoms with Crippen LogP contribution in [0.1, 0.15) is 11.3 Å². The summed E-state index contributed by atoms with van der Waals surface area (Å²) in [5.74, 6) is 1.22. The first-order valence-corrected chi connectivity index (χ1v) is 6.64. The standard InChI is InChI=1S/C13H17N7O/c1-8-11-12(19(2)7-10(21)17-11)18-13(16-8)14-4-9-5-15-20(3)6-9/h5-6H,4,7H2,1-3H3,(H,17,21)(H,14,16,18). The molecule has 0 bridgehead atoms. The highest BCUT2D eigenvalue weighted by Gasteiger charge is 2.23. The van der Waals surface area contributed by atoms with E-state index < -0.39 is 0 Å². The van der Waals surface area contributed by atoms with E-state index >= 15 is 0 Å². The molecule has 0 saturated heterocycles. The van der Waals surface area contributed by atoms with Crippen molar-refractivity contribution in [2.24, 2.45) is 7.05 Å². The minimum atomic E-state index is -0.0484. The van der Waals surface area contributed by atoms with Gasteiger partial charge in [0.05, 0.1) is 18.4 Å². The van der Waals surface area contributed by atoms with Crippen molar-refractivity contribution in [1.82, 2.24) is 19.7 Å². The summed E-state index contributed by atoms with van der Waals surface area (Å²) >= 11 is 0. The van der Waals surface area contributed by atoms with Crippen LogP contribution in [0.4, 0.5) is 17.5 Å². The Hall–Kier alpha value is -2.64. The summed E-state index contributed by atoms with van der Waals surface area (Å²) in [6.07, 6.45) is 3.73. The van der Waals surface area contributed by atoms with Crippen molar-refractivity contribution >= 4 is 23.4 Å². The summed E-state index contributed by atoms with van der Waals surface area (Å²) in [4.78, 5) is 22.2. The zero-order valence-corrected chi connectivity index (χ0v) is 12.2. The van der Waals surface area contributed by atoms with Crippen molar-refractivity contribution in [3.8, 4) is 0 Å². The van der Waals surface area contributed by atoms with E-state index in [1.165, 1.54) is 0 Å². The number of fused-ring (bicyclic) bond motifs is 1. The van der Waals surface area contributed by atoms with E-state index in [0.717, 1.165) is 17.1 Å². The van der Waals surface area contributed by atoms with Crippen molar-refractivity contribution in [2.75, 3.05) is 29.1 Å². The lowest BCUT2D eigenvalue weighted by molar-refractivity contribution is -0.115. The Balaban J connectivity index is 1.82. The molecule has 2 aromatic rings. The first-order chi connectivity index (χ1) is 10.0. The summed E-state index contributed by atoms with van der Waals surface area (Å²) < 4.78 is 1.75. The van der Waals surface area contributed by atoms with Gasteiger partial charge in [0.2, 0.25) is 11.9 Å². The SMILES string of the molecule is Cc1nc(NCc2cnn(C)c2)nc2c1NC(=O)CN2C. The van der Waals surface area contributed by atoms with Gasteiger partial charge in [0.25, 0.3) is 0 Å². The number of hydrogen-bond acceptors (Lipinski definition) is 6. The molecular weight excluding hydrogens is 270 g/mol. The van der Waals surface area contributed by atoms with Gasteiger partial charge in [-0.2, -0.15) is 10.1 Å². The molecule has 0 aromatic carbocycles. The number of anilines is 3. The van der Waals surface area contributed by atoms with Crippen LogP contribution in [0.2, 0.25) is 0 Å². The van der Waals surface area contributed by atoms with Gasteiger partial charge >= 0.3 is 0 Å². The van der Waals surface area contributed by atoms with Gasteiger partial charge in [0, 0.05) is 32.4 Å². The van der Waals surface area contributed by atoms with E-state index in [2.05, 4.69) is 25.7 Å². The molecule has 110 valence electrons. The predicted molar refractivity (Wildman–Crippen MR) is 79.2 cm³/mol. The van der Waals surface area contributed by atoms with Crippen LogP contribution in [-0.2, 0) is 18.4 Å². The molecule has 3 heterocycles. The van der Waals surface area contributed by atoms with Crippen LogP contribution >= 0.6 is 0 Å². The summed E-state index contributed by atoms with van der Waals surface area (Å²) in [6, 6.07) is 0. The molecule has 0 fully saturated rings. The quantitative estimate of drug-likeness (QED) is 0.855. The second-order valence-corrected chi connectivity index (χ2v) is 5.11. The van der Waals surface area contributed by atoms with Gasteiger partial charge in [-0.25, -0.2) is 4.98 Å². The molecule has 0 saturated carbocycles. The molecule has 2 N–H and O–H groups in total. The number of aromatic nitrogens is 4. The number of rotatable bonds is 3. The minimum absolute atomic E-state index is 0.0484. The van der Waals surface area contributed by atoms with Gasteiger partial charge < -0.3 is 15.5 Å². The Morgan fingerprint density at radius 3 is 2.90 bits per heavy atom.